The maximum Gasteiger partial charge on any atom is 0.226 e. The van der Waals surface area contributed by atoms with Crippen LogP contribution in [0.5, 0.6) is 5.88 Å². The van der Waals surface area contributed by atoms with Gasteiger partial charge >= 0.3 is 0 Å². The Morgan fingerprint density at radius 2 is 2.00 bits per heavy atom. The molecule has 0 bridgehead atoms. The van der Waals surface area contributed by atoms with E-state index >= 15 is 0 Å². The lowest BCUT2D eigenvalue weighted by atomic mass is 10.1. The zero-order valence-corrected chi connectivity index (χ0v) is 11.1. The predicted octanol–water partition coefficient (Wildman–Crippen LogP) is 1.91. The molecule has 19 heavy (non-hydrogen) atoms. The molecular formula is C14H18N4O. The van der Waals surface area contributed by atoms with E-state index in [0.29, 0.717) is 18.4 Å². The van der Waals surface area contributed by atoms with E-state index in [1.54, 1.807) is 13.2 Å². The number of aryl methyl sites for hydroxylation is 1. The fraction of sp³-hybridized carbons (Fsp3) is 0.286. The van der Waals surface area contributed by atoms with Crippen LogP contribution in [0.1, 0.15) is 17.3 Å². The van der Waals surface area contributed by atoms with Crippen molar-refractivity contribution < 1.29 is 4.74 Å². The predicted molar refractivity (Wildman–Crippen MR) is 75.2 cm³/mol. The van der Waals surface area contributed by atoms with Crippen molar-refractivity contribution in [2.75, 3.05) is 19.0 Å². The van der Waals surface area contributed by atoms with Crippen LogP contribution in [0.15, 0.2) is 36.4 Å². The second-order valence-corrected chi connectivity index (χ2v) is 4.27. The number of aromatic nitrogens is 2. The third-order valence-corrected chi connectivity index (χ3v) is 2.75. The van der Waals surface area contributed by atoms with Gasteiger partial charge in [-0.25, -0.2) is 4.98 Å². The molecule has 0 aliphatic heterocycles. The molecule has 5 heteroatoms. The molecule has 1 unspecified atom stereocenters. The maximum atomic E-state index is 6.10. The summed E-state index contributed by atoms with van der Waals surface area (Å²) in [6.07, 6.45) is 0. The normalized spacial score (nSPS) is 11.9. The molecule has 100 valence electrons. The van der Waals surface area contributed by atoms with Crippen LogP contribution < -0.4 is 15.8 Å². The summed E-state index contributed by atoms with van der Waals surface area (Å²) in [4.78, 5) is 8.51. The van der Waals surface area contributed by atoms with E-state index in [2.05, 4.69) is 15.3 Å². The molecule has 2 rings (SSSR count). The zero-order chi connectivity index (χ0) is 13.7. The van der Waals surface area contributed by atoms with E-state index in [1.165, 1.54) is 0 Å². The Morgan fingerprint density at radius 1 is 1.26 bits per heavy atom. The van der Waals surface area contributed by atoms with E-state index in [4.69, 9.17) is 10.5 Å². The van der Waals surface area contributed by atoms with Gasteiger partial charge in [-0.3, -0.25) is 0 Å². The van der Waals surface area contributed by atoms with Crippen molar-refractivity contribution >= 4 is 5.95 Å². The topological polar surface area (TPSA) is 73.1 Å². The Labute approximate surface area is 112 Å². The van der Waals surface area contributed by atoms with Gasteiger partial charge in [-0.2, -0.15) is 4.98 Å². The molecule has 0 saturated carbocycles. The van der Waals surface area contributed by atoms with E-state index in [9.17, 15) is 0 Å². The van der Waals surface area contributed by atoms with Crippen molar-refractivity contribution in [2.45, 2.75) is 13.0 Å². The van der Waals surface area contributed by atoms with Crippen LogP contribution in [-0.4, -0.2) is 23.6 Å². The maximum absolute atomic E-state index is 6.10. The molecule has 0 spiro atoms. The van der Waals surface area contributed by atoms with Crippen LogP contribution in [0.2, 0.25) is 0 Å². The Hall–Kier alpha value is -2.14. The molecule has 2 aromatic rings. The number of nitrogens with zero attached hydrogens (tertiary/aromatic N) is 2. The van der Waals surface area contributed by atoms with Crippen molar-refractivity contribution in [3.63, 3.8) is 0 Å². The smallest absolute Gasteiger partial charge is 0.226 e. The average molecular weight is 258 g/mol. The Morgan fingerprint density at radius 3 is 2.68 bits per heavy atom. The molecule has 0 amide bonds. The molecule has 5 nitrogen and oxygen atoms in total. The van der Waals surface area contributed by atoms with Gasteiger partial charge in [0.1, 0.15) is 0 Å². The second kappa shape index (κ2) is 6.15. The number of rotatable bonds is 5. The molecule has 3 N–H and O–H groups in total. The van der Waals surface area contributed by atoms with Gasteiger partial charge in [0.25, 0.3) is 0 Å². The first-order chi connectivity index (χ1) is 9.19. The first-order valence-electron chi connectivity index (χ1n) is 6.13. The third kappa shape index (κ3) is 3.66. The van der Waals surface area contributed by atoms with Gasteiger partial charge in [0.2, 0.25) is 11.8 Å². The molecular weight excluding hydrogens is 240 g/mol. The molecule has 1 heterocycles. The highest BCUT2D eigenvalue weighted by molar-refractivity contribution is 5.31. The van der Waals surface area contributed by atoms with Crippen LogP contribution in [0.3, 0.4) is 0 Å². The van der Waals surface area contributed by atoms with E-state index in [1.807, 2.05) is 37.3 Å². The summed E-state index contributed by atoms with van der Waals surface area (Å²) in [5.41, 5.74) is 8.03. The quantitative estimate of drug-likeness (QED) is 0.857. The second-order valence-electron chi connectivity index (χ2n) is 4.27. The first kappa shape index (κ1) is 13.3. The average Bonchev–Trinajstić information content (AvgIpc) is 2.45. The molecule has 0 aliphatic rings. The lowest BCUT2D eigenvalue weighted by molar-refractivity contribution is 0.397. The summed E-state index contributed by atoms with van der Waals surface area (Å²) in [6, 6.07) is 11.6. The number of nitrogens with two attached hydrogens (primary N) is 1. The van der Waals surface area contributed by atoms with E-state index in [-0.39, 0.29) is 6.04 Å². The minimum Gasteiger partial charge on any atom is -0.481 e. The van der Waals surface area contributed by atoms with Gasteiger partial charge in [0.15, 0.2) is 0 Å². The molecule has 1 atom stereocenters. The number of hydrogen-bond acceptors (Lipinski definition) is 5. The van der Waals surface area contributed by atoms with Gasteiger partial charge in [-0.1, -0.05) is 30.3 Å². The van der Waals surface area contributed by atoms with Crippen molar-refractivity contribution in [1.29, 1.82) is 0 Å². The number of benzene rings is 1. The van der Waals surface area contributed by atoms with Gasteiger partial charge in [-0.05, 0) is 12.5 Å². The highest BCUT2D eigenvalue weighted by Gasteiger charge is 2.07. The molecule has 1 aromatic carbocycles. The zero-order valence-electron chi connectivity index (χ0n) is 11.1. The molecule has 0 fully saturated rings. The summed E-state index contributed by atoms with van der Waals surface area (Å²) >= 11 is 0. The van der Waals surface area contributed by atoms with Crippen LogP contribution in [-0.2, 0) is 0 Å². The number of nitrogens with one attached hydrogen (secondary N) is 1. The lowest BCUT2D eigenvalue weighted by Gasteiger charge is -2.13. The number of methoxy groups -OCH3 is 1. The van der Waals surface area contributed by atoms with E-state index < -0.39 is 0 Å². The van der Waals surface area contributed by atoms with Crippen LogP contribution in [0.25, 0.3) is 0 Å². The van der Waals surface area contributed by atoms with Gasteiger partial charge in [-0.15, -0.1) is 0 Å². The highest BCUT2D eigenvalue weighted by Crippen LogP contribution is 2.13. The molecule has 0 radical (unpaired) electrons. The fourth-order valence-corrected chi connectivity index (χ4v) is 1.74. The number of anilines is 1. The Balaban J connectivity index is 2.01. The molecule has 0 aliphatic carbocycles. The van der Waals surface area contributed by atoms with Crippen LogP contribution in [0, 0.1) is 6.92 Å². The summed E-state index contributed by atoms with van der Waals surface area (Å²) < 4.78 is 5.10. The van der Waals surface area contributed by atoms with E-state index in [0.717, 1.165) is 11.3 Å². The third-order valence-electron chi connectivity index (χ3n) is 2.75. The Bertz CT molecular complexity index is 530. The van der Waals surface area contributed by atoms with Crippen molar-refractivity contribution in [3.8, 4) is 5.88 Å². The summed E-state index contributed by atoms with van der Waals surface area (Å²) in [5, 5.41) is 3.13. The van der Waals surface area contributed by atoms with Gasteiger partial charge in [0.05, 0.1) is 7.11 Å². The van der Waals surface area contributed by atoms with Crippen molar-refractivity contribution in [2.24, 2.45) is 5.73 Å². The largest absolute Gasteiger partial charge is 0.481 e. The van der Waals surface area contributed by atoms with Crippen molar-refractivity contribution in [1.82, 2.24) is 9.97 Å². The molecule has 1 aromatic heterocycles. The molecule has 0 saturated heterocycles. The summed E-state index contributed by atoms with van der Waals surface area (Å²) in [5.74, 6) is 1.08. The Kier molecular flexibility index (Phi) is 4.30. The first-order valence-corrected chi connectivity index (χ1v) is 6.13. The number of ether oxygens (including phenoxy) is 1. The minimum absolute atomic E-state index is 0.101. The lowest BCUT2D eigenvalue weighted by Crippen LogP contribution is -2.21. The van der Waals surface area contributed by atoms with Crippen LogP contribution in [0.4, 0.5) is 5.95 Å². The SMILES string of the molecule is COc1cc(C)nc(NCC(N)c2ccccc2)n1. The monoisotopic (exact) mass is 258 g/mol. The minimum atomic E-state index is -0.101. The van der Waals surface area contributed by atoms with Gasteiger partial charge in [0, 0.05) is 24.3 Å². The fourth-order valence-electron chi connectivity index (χ4n) is 1.74. The highest BCUT2D eigenvalue weighted by atomic mass is 16.5. The number of hydrogen-bond donors (Lipinski definition) is 2. The summed E-state index contributed by atoms with van der Waals surface area (Å²) in [7, 11) is 1.58. The van der Waals surface area contributed by atoms with Crippen LogP contribution >= 0.6 is 0 Å². The van der Waals surface area contributed by atoms with Gasteiger partial charge < -0.3 is 15.8 Å². The summed E-state index contributed by atoms with van der Waals surface area (Å²) in [6.45, 7) is 2.46. The van der Waals surface area contributed by atoms with Crippen molar-refractivity contribution in [3.05, 3.63) is 47.7 Å². The standard InChI is InChI=1S/C14H18N4O/c1-10-8-13(19-2)18-14(17-10)16-9-12(15)11-6-4-3-5-7-11/h3-8,12H,9,15H2,1-2H3,(H,16,17,18).